The molecule has 3 unspecified atom stereocenters. The molecule has 0 spiro atoms. The van der Waals surface area contributed by atoms with Crippen molar-refractivity contribution in [3.8, 4) is 0 Å². The lowest BCUT2D eigenvalue weighted by atomic mass is 9.58. The first kappa shape index (κ1) is 17.1. The molecule has 1 nitrogen and oxygen atoms in total. The van der Waals surface area contributed by atoms with E-state index in [1.54, 1.807) is 0 Å². The van der Waals surface area contributed by atoms with Crippen molar-refractivity contribution < 1.29 is 4.74 Å². The molecule has 142 valence electrons. The summed E-state index contributed by atoms with van der Waals surface area (Å²) in [6.07, 6.45) is 25.7. The summed E-state index contributed by atoms with van der Waals surface area (Å²) in [5.74, 6) is 1.92. The van der Waals surface area contributed by atoms with Gasteiger partial charge in [-0.1, -0.05) is 51.9 Å². The van der Waals surface area contributed by atoms with Crippen LogP contribution in [0.5, 0.6) is 0 Å². The summed E-state index contributed by atoms with van der Waals surface area (Å²) in [5, 5.41) is 0. The lowest BCUT2D eigenvalue weighted by Gasteiger charge is -2.45. The Balaban J connectivity index is 1.35. The van der Waals surface area contributed by atoms with Crippen molar-refractivity contribution in [1.82, 2.24) is 0 Å². The molecule has 0 amide bonds. The van der Waals surface area contributed by atoms with E-state index in [0.29, 0.717) is 22.5 Å². The van der Waals surface area contributed by atoms with Crippen molar-refractivity contribution in [2.75, 3.05) is 0 Å². The van der Waals surface area contributed by atoms with E-state index in [1.165, 1.54) is 109 Å². The third kappa shape index (κ3) is 2.82. The second-order valence-corrected chi connectivity index (χ2v) is 11.1. The molecular formula is C24H40O. The second kappa shape index (κ2) is 6.25. The molecule has 0 N–H and O–H groups in total. The van der Waals surface area contributed by atoms with Crippen LogP contribution in [0.25, 0.3) is 0 Å². The molecule has 3 saturated carbocycles. The molecule has 2 bridgehead atoms. The Morgan fingerprint density at radius 1 is 0.760 bits per heavy atom. The van der Waals surface area contributed by atoms with Gasteiger partial charge in [-0.15, -0.1) is 0 Å². The van der Waals surface area contributed by atoms with Crippen molar-refractivity contribution in [1.29, 1.82) is 0 Å². The maximum atomic E-state index is 6.94. The van der Waals surface area contributed by atoms with E-state index in [9.17, 15) is 0 Å². The van der Waals surface area contributed by atoms with Crippen molar-refractivity contribution in [2.45, 2.75) is 128 Å². The van der Waals surface area contributed by atoms with Crippen LogP contribution < -0.4 is 0 Å². The maximum Gasteiger partial charge on any atom is 0.0696 e. The molecule has 5 rings (SSSR count). The highest BCUT2D eigenvalue weighted by Gasteiger charge is 2.59. The first-order valence-electron chi connectivity index (χ1n) is 11.8. The quantitative estimate of drug-likeness (QED) is 0.531. The van der Waals surface area contributed by atoms with E-state index in [2.05, 4.69) is 6.92 Å². The molecule has 0 aromatic heterocycles. The second-order valence-electron chi connectivity index (χ2n) is 11.1. The fourth-order valence-corrected chi connectivity index (χ4v) is 8.43. The first-order valence-corrected chi connectivity index (χ1v) is 11.8. The van der Waals surface area contributed by atoms with Crippen molar-refractivity contribution in [3.63, 3.8) is 0 Å². The predicted octanol–water partition coefficient (Wildman–Crippen LogP) is 7.04. The Labute approximate surface area is 155 Å². The maximum absolute atomic E-state index is 6.94. The van der Waals surface area contributed by atoms with E-state index < -0.39 is 0 Å². The van der Waals surface area contributed by atoms with Gasteiger partial charge in [-0.3, -0.25) is 0 Å². The van der Waals surface area contributed by atoms with Gasteiger partial charge in [-0.25, -0.2) is 0 Å². The topological polar surface area (TPSA) is 9.23 Å². The van der Waals surface area contributed by atoms with Crippen LogP contribution in [0.1, 0.15) is 116 Å². The summed E-state index contributed by atoms with van der Waals surface area (Å²) in [5.41, 5.74) is 1.57. The lowest BCUT2D eigenvalue weighted by molar-refractivity contribution is -0.0423. The highest BCUT2D eigenvalue weighted by atomic mass is 16.5. The van der Waals surface area contributed by atoms with Gasteiger partial charge in [0.25, 0.3) is 0 Å². The molecular weight excluding hydrogens is 304 g/mol. The van der Waals surface area contributed by atoms with Crippen LogP contribution in [0.15, 0.2) is 0 Å². The molecule has 3 aliphatic carbocycles. The van der Waals surface area contributed by atoms with Gasteiger partial charge in [0.1, 0.15) is 0 Å². The zero-order valence-corrected chi connectivity index (χ0v) is 16.7. The smallest absolute Gasteiger partial charge is 0.0696 e. The fraction of sp³-hybridized carbons (Fsp3) is 1.00. The minimum atomic E-state index is 0.294. The van der Waals surface area contributed by atoms with Gasteiger partial charge in [-0.05, 0) is 86.9 Å². The molecule has 2 aliphatic heterocycles. The monoisotopic (exact) mass is 344 g/mol. The summed E-state index contributed by atoms with van der Waals surface area (Å²) in [4.78, 5) is 0. The number of fused-ring (bicyclic) bond motifs is 2. The molecule has 25 heavy (non-hydrogen) atoms. The van der Waals surface area contributed by atoms with E-state index in [1.807, 2.05) is 0 Å². The van der Waals surface area contributed by atoms with Gasteiger partial charge in [0, 0.05) is 0 Å². The minimum Gasteiger partial charge on any atom is -0.371 e. The van der Waals surface area contributed by atoms with E-state index in [4.69, 9.17) is 4.74 Å². The van der Waals surface area contributed by atoms with Gasteiger partial charge in [0.05, 0.1) is 11.7 Å². The lowest BCUT2D eigenvalue weighted by Crippen LogP contribution is -2.41. The van der Waals surface area contributed by atoms with E-state index in [-0.39, 0.29) is 0 Å². The average molecular weight is 345 g/mol. The third-order valence-corrected chi connectivity index (χ3v) is 9.71. The summed E-state index contributed by atoms with van der Waals surface area (Å²) < 4.78 is 6.94. The van der Waals surface area contributed by atoms with Crippen LogP contribution in [-0.2, 0) is 4.74 Å². The van der Waals surface area contributed by atoms with Crippen molar-refractivity contribution >= 4 is 0 Å². The van der Waals surface area contributed by atoms with Crippen LogP contribution in [0.3, 0.4) is 0 Å². The number of hydrogen-bond donors (Lipinski definition) is 0. The molecule has 1 heteroatoms. The van der Waals surface area contributed by atoms with Gasteiger partial charge >= 0.3 is 0 Å². The normalized spacial score (nSPS) is 43.1. The van der Waals surface area contributed by atoms with Crippen LogP contribution in [0.2, 0.25) is 0 Å². The molecule has 0 aromatic rings. The van der Waals surface area contributed by atoms with Crippen LogP contribution in [0, 0.1) is 22.7 Å². The van der Waals surface area contributed by atoms with Crippen molar-refractivity contribution in [2.24, 2.45) is 22.7 Å². The number of hydrogen-bond acceptors (Lipinski definition) is 1. The van der Waals surface area contributed by atoms with Crippen LogP contribution in [0.4, 0.5) is 0 Å². The Hall–Kier alpha value is -0.0400. The Bertz CT molecular complexity index is 478. The summed E-state index contributed by atoms with van der Waals surface area (Å²) in [7, 11) is 0. The fourth-order valence-electron chi connectivity index (χ4n) is 8.43. The number of rotatable bonds is 4. The zero-order chi connectivity index (χ0) is 17.0. The summed E-state index contributed by atoms with van der Waals surface area (Å²) in [6, 6.07) is 0. The third-order valence-electron chi connectivity index (χ3n) is 9.71. The molecule has 0 radical (unpaired) electrons. The minimum absolute atomic E-state index is 0.294. The zero-order valence-electron chi connectivity index (χ0n) is 16.7. The van der Waals surface area contributed by atoms with Gasteiger partial charge in [0.2, 0.25) is 0 Å². The molecule has 0 aromatic carbocycles. The molecule has 5 aliphatic rings. The molecule has 5 fully saturated rings. The highest BCUT2D eigenvalue weighted by molar-refractivity contribution is 5.09. The highest BCUT2D eigenvalue weighted by Crippen LogP contribution is 2.63. The Morgan fingerprint density at radius 3 is 2.16 bits per heavy atom. The standard InChI is InChI=1S/C24H40O/c1-22(12-5-2-6-13-22)20-17-24(16-11-21(20)25-24)18-23(14-7-8-15-23)19-9-3-4-10-19/h19-21H,2-18H2,1H3. The van der Waals surface area contributed by atoms with Crippen molar-refractivity contribution in [3.05, 3.63) is 0 Å². The molecule has 2 heterocycles. The molecule has 2 saturated heterocycles. The Morgan fingerprint density at radius 2 is 1.44 bits per heavy atom. The largest absolute Gasteiger partial charge is 0.371 e. The van der Waals surface area contributed by atoms with Gasteiger partial charge in [0.15, 0.2) is 0 Å². The van der Waals surface area contributed by atoms with Gasteiger partial charge < -0.3 is 4.74 Å². The summed E-state index contributed by atoms with van der Waals surface area (Å²) in [6.45, 7) is 2.62. The van der Waals surface area contributed by atoms with Crippen LogP contribution in [-0.4, -0.2) is 11.7 Å². The Kier molecular flexibility index (Phi) is 4.27. The summed E-state index contributed by atoms with van der Waals surface area (Å²) >= 11 is 0. The van der Waals surface area contributed by atoms with E-state index >= 15 is 0 Å². The van der Waals surface area contributed by atoms with Gasteiger partial charge in [-0.2, -0.15) is 0 Å². The molecule has 3 atom stereocenters. The number of ether oxygens (including phenoxy) is 1. The SMILES string of the molecule is CC1(C2CC3(CC4(C5CCCC5)CCCC4)CCC2O3)CCCCC1. The first-order chi connectivity index (χ1) is 12.1. The predicted molar refractivity (Wildman–Crippen MR) is 104 cm³/mol. The average Bonchev–Trinajstić information content (AvgIpc) is 3.39. The van der Waals surface area contributed by atoms with Crippen LogP contribution >= 0.6 is 0 Å². The van der Waals surface area contributed by atoms with E-state index in [0.717, 1.165) is 11.8 Å².